The fourth-order valence-corrected chi connectivity index (χ4v) is 2.63. The van der Waals surface area contributed by atoms with Crippen molar-refractivity contribution in [3.05, 3.63) is 28.6 Å². The quantitative estimate of drug-likeness (QED) is 0.386. The van der Waals surface area contributed by atoms with Crippen LogP contribution in [0.5, 0.6) is 0 Å². The van der Waals surface area contributed by atoms with Gasteiger partial charge < -0.3 is 15.7 Å². The summed E-state index contributed by atoms with van der Waals surface area (Å²) in [7, 11) is 0. The summed E-state index contributed by atoms with van der Waals surface area (Å²) < 4.78 is 5.84. The van der Waals surface area contributed by atoms with Crippen LogP contribution in [0.25, 0.3) is 10.1 Å². The number of carbonyl (C=O) groups is 1. The molecule has 18 heavy (non-hydrogen) atoms. The van der Waals surface area contributed by atoms with Gasteiger partial charge in [-0.1, -0.05) is 11.2 Å². The molecule has 2 aromatic rings. The fraction of sp³-hybridized carbons (Fsp3) is 0.167. The van der Waals surface area contributed by atoms with Crippen LogP contribution in [0.2, 0.25) is 0 Å². The predicted octanol–water partition coefficient (Wildman–Crippen LogP) is 2.47. The van der Waals surface area contributed by atoms with Crippen molar-refractivity contribution in [3.8, 4) is 0 Å². The summed E-state index contributed by atoms with van der Waals surface area (Å²) in [5, 5.41) is 12.2. The average Bonchev–Trinajstić information content (AvgIpc) is 2.68. The van der Waals surface area contributed by atoms with Gasteiger partial charge in [0.2, 0.25) is 0 Å². The molecule has 0 aliphatic rings. The van der Waals surface area contributed by atoms with E-state index in [1.165, 1.54) is 17.6 Å². The Balaban J connectivity index is 2.52. The lowest BCUT2D eigenvalue weighted by atomic mass is 10.1. The third kappa shape index (κ3) is 2.14. The molecule has 0 aliphatic carbocycles. The number of nitrogens with two attached hydrogens (primary N) is 1. The molecule has 6 heteroatoms. The van der Waals surface area contributed by atoms with E-state index >= 15 is 0 Å². The van der Waals surface area contributed by atoms with Gasteiger partial charge in [0.1, 0.15) is 4.88 Å². The Kier molecular flexibility index (Phi) is 3.47. The van der Waals surface area contributed by atoms with Crippen molar-refractivity contribution in [2.45, 2.75) is 6.92 Å². The van der Waals surface area contributed by atoms with Crippen LogP contribution in [-0.2, 0) is 4.74 Å². The number of oxime groups is 1. The second kappa shape index (κ2) is 5.05. The molecule has 1 heterocycles. The van der Waals surface area contributed by atoms with Gasteiger partial charge in [-0.3, -0.25) is 0 Å². The van der Waals surface area contributed by atoms with Crippen LogP contribution < -0.4 is 5.73 Å². The number of benzene rings is 1. The van der Waals surface area contributed by atoms with E-state index in [4.69, 9.17) is 15.7 Å². The van der Waals surface area contributed by atoms with E-state index in [-0.39, 0.29) is 0 Å². The van der Waals surface area contributed by atoms with Crippen LogP contribution in [0, 0.1) is 0 Å². The maximum Gasteiger partial charge on any atom is 0.350 e. The van der Waals surface area contributed by atoms with Crippen LogP contribution in [0.1, 0.15) is 22.2 Å². The number of thiophene rings is 1. The molecule has 3 N–H and O–H groups in total. The van der Waals surface area contributed by atoms with Gasteiger partial charge in [0.05, 0.1) is 18.5 Å². The predicted molar refractivity (Wildman–Crippen MR) is 71.6 cm³/mol. The highest BCUT2D eigenvalue weighted by Gasteiger charge is 2.17. The number of rotatable bonds is 3. The molecular formula is C12H12N2O3S. The van der Waals surface area contributed by atoms with Crippen molar-refractivity contribution >= 4 is 39.3 Å². The first-order valence-corrected chi connectivity index (χ1v) is 6.15. The summed E-state index contributed by atoms with van der Waals surface area (Å²) in [6.07, 6.45) is 1.31. The van der Waals surface area contributed by atoms with Gasteiger partial charge in [0.15, 0.2) is 0 Å². The van der Waals surface area contributed by atoms with Gasteiger partial charge in [-0.2, -0.15) is 0 Å². The zero-order valence-corrected chi connectivity index (χ0v) is 10.5. The minimum Gasteiger partial charge on any atom is -0.462 e. The molecule has 0 unspecified atom stereocenters. The number of esters is 1. The molecule has 1 aromatic carbocycles. The molecule has 5 nitrogen and oxygen atoms in total. The number of hydrogen-bond acceptors (Lipinski definition) is 6. The third-order valence-corrected chi connectivity index (χ3v) is 3.58. The van der Waals surface area contributed by atoms with Gasteiger partial charge in [-0.05, 0) is 24.6 Å². The van der Waals surface area contributed by atoms with Gasteiger partial charge in [0, 0.05) is 10.1 Å². The number of nitrogens with zero attached hydrogens (tertiary/aromatic N) is 1. The van der Waals surface area contributed by atoms with E-state index in [1.807, 2.05) is 6.07 Å². The molecule has 1 aromatic heterocycles. The number of anilines is 1. The van der Waals surface area contributed by atoms with E-state index in [9.17, 15) is 4.79 Å². The Labute approximate surface area is 107 Å². The van der Waals surface area contributed by atoms with Crippen LogP contribution in [-0.4, -0.2) is 24.0 Å². The molecular weight excluding hydrogens is 252 g/mol. The van der Waals surface area contributed by atoms with E-state index in [0.717, 1.165) is 10.1 Å². The first-order chi connectivity index (χ1) is 8.67. The van der Waals surface area contributed by atoms with Crippen molar-refractivity contribution in [3.63, 3.8) is 0 Å². The first-order valence-electron chi connectivity index (χ1n) is 5.34. The number of carbonyl (C=O) groups excluding carboxylic acids is 1. The summed E-state index contributed by atoms with van der Waals surface area (Å²) >= 11 is 1.29. The van der Waals surface area contributed by atoms with E-state index in [1.54, 1.807) is 19.1 Å². The van der Waals surface area contributed by atoms with Crippen molar-refractivity contribution in [1.29, 1.82) is 0 Å². The van der Waals surface area contributed by atoms with Crippen LogP contribution in [0.15, 0.2) is 23.4 Å². The van der Waals surface area contributed by atoms with Crippen molar-refractivity contribution in [1.82, 2.24) is 0 Å². The standard InChI is InChI=1S/C12H12N2O3S/c1-2-17-12(15)11-10(13)8-5-7(6-14-16)3-4-9(8)18-11/h3-6,16H,2,13H2,1H3/b14-6+. The highest BCUT2D eigenvalue weighted by atomic mass is 32.1. The van der Waals surface area contributed by atoms with E-state index in [0.29, 0.717) is 22.7 Å². The minimum atomic E-state index is -0.409. The largest absolute Gasteiger partial charge is 0.462 e. The van der Waals surface area contributed by atoms with E-state index in [2.05, 4.69) is 5.16 Å². The summed E-state index contributed by atoms with van der Waals surface area (Å²) in [6, 6.07) is 5.38. The maximum absolute atomic E-state index is 11.7. The monoisotopic (exact) mass is 264 g/mol. The zero-order valence-electron chi connectivity index (χ0n) is 9.71. The highest BCUT2D eigenvalue weighted by molar-refractivity contribution is 7.21. The van der Waals surface area contributed by atoms with Crippen molar-refractivity contribution in [2.75, 3.05) is 12.3 Å². The molecule has 0 saturated carbocycles. The normalized spacial score (nSPS) is 11.2. The Morgan fingerprint density at radius 1 is 1.61 bits per heavy atom. The summed E-state index contributed by atoms with van der Waals surface area (Å²) in [5.74, 6) is -0.409. The van der Waals surface area contributed by atoms with Crippen LogP contribution >= 0.6 is 11.3 Å². The fourth-order valence-electron chi connectivity index (χ4n) is 1.63. The number of ether oxygens (including phenoxy) is 1. The molecule has 0 radical (unpaired) electrons. The molecule has 2 rings (SSSR count). The van der Waals surface area contributed by atoms with Gasteiger partial charge in [0.25, 0.3) is 0 Å². The second-order valence-electron chi connectivity index (χ2n) is 3.57. The molecule has 0 atom stereocenters. The number of nitrogen functional groups attached to an aromatic ring is 1. The summed E-state index contributed by atoms with van der Waals surface area (Å²) in [5.41, 5.74) is 7.05. The lowest BCUT2D eigenvalue weighted by Gasteiger charge is -1.99. The van der Waals surface area contributed by atoms with Crippen LogP contribution in [0.3, 0.4) is 0 Å². The Hall–Kier alpha value is -2.08. The maximum atomic E-state index is 11.7. The van der Waals surface area contributed by atoms with Crippen LogP contribution in [0.4, 0.5) is 5.69 Å². The van der Waals surface area contributed by atoms with E-state index < -0.39 is 5.97 Å². The molecule has 0 spiro atoms. The third-order valence-electron chi connectivity index (χ3n) is 2.42. The molecule has 0 bridgehead atoms. The summed E-state index contributed by atoms with van der Waals surface area (Å²) in [4.78, 5) is 12.1. The summed E-state index contributed by atoms with van der Waals surface area (Å²) in [6.45, 7) is 2.06. The number of fused-ring (bicyclic) bond motifs is 1. The average molecular weight is 264 g/mol. The topological polar surface area (TPSA) is 84.9 Å². The highest BCUT2D eigenvalue weighted by Crippen LogP contribution is 2.34. The van der Waals surface area contributed by atoms with Gasteiger partial charge in [-0.25, -0.2) is 4.79 Å². The smallest absolute Gasteiger partial charge is 0.350 e. The lowest BCUT2D eigenvalue weighted by Crippen LogP contribution is -2.04. The lowest BCUT2D eigenvalue weighted by molar-refractivity contribution is 0.0533. The molecule has 0 fully saturated rings. The SMILES string of the molecule is CCOC(=O)c1sc2ccc(/C=N/O)cc2c1N. The Bertz CT molecular complexity index is 619. The minimum absolute atomic E-state index is 0.314. The Morgan fingerprint density at radius 3 is 3.06 bits per heavy atom. The molecule has 0 saturated heterocycles. The molecule has 0 amide bonds. The van der Waals surface area contributed by atoms with Gasteiger partial charge in [-0.15, -0.1) is 11.3 Å². The molecule has 94 valence electrons. The molecule has 0 aliphatic heterocycles. The first kappa shape index (κ1) is 12.4. The number of hydrogen-bond donors (Lipinski definition) is 2. The van der Waals surface area contributed by atoms with Crippen molar-refractivity contribution < 1.29 is 14.7 Å². The second-order valence-corrected chi connectivity index (χ2v) is 4.62. The Morgan fingerprint density at radius 2 is 2.39 bits per heavy atom. The zero-order chi connectivity index (χ0) is 13.1. The van der Waals surface area contributed by atoms with Gasteiger partial charge >= 0.3 is 5.97 Å². The van der Waals surface area contributed by atoms with Crippen molar-refractivity contribution in [2.24, 2.45) is 5.16 Å².